The van der Waals surface area contributed by atoms with Crippen molar-refractivity contribution in [2.75, 3.05) is 32.1 Å². The summed E-state index contributed by atoms with van der Waals surface area (Å²) in [6.07, 6.45) is 2.49. The summed E-state index contributed by atoms with van der Waals surface area (Å²) in [5.41, 5.74) is 0. The van der Waals surface area contributed by atoms with E-state index in [0.29, 0.717) is 0 Å². The minimum Gasteiger partial charge on any atom is -0.381 e. The smallest absolute Gasteiger partial charge is 0.0476 e. The van der Waals surface area contributed by atoms with E-state index >= 15 is 0 Å². The molecule has 0 amide bonds. The Hall–Kier alpha value is 0.270. The topological polar surface area (TPSA) is 21.3 Å². The first kappa shape index (κ1) is 10.4. The van der Waals surface area contributed by atoms with Crippen LogP contribution < -0.4 is 5.32 Å². The zero-order valence-corrected chi connectivity index (χ0v) is 8.66. The Morgan fingerprint density at radius 2 is 2.17 bits per heavy atom. The molecular weight excluding hydrogens is 170 g/mol. The third-order valence-electron chi connectivity index (χ3n) is 2.05. The van der Waals surface area contributed by atoms with Crippen molar-refractivity contribution in [2.24, 2.45) is 0 Å². The van der Waals surface area contributed by atoms with Gasteiger partial charge in [0.2, 0.25) is 0 Å². The van der Waals surface area contributed by atoms with E-state index in [1.165, 1.54) is 18.6 Å². The summed E-state index contributed by atoms with van der Waals surface area (Å²) in [5.74, 6) is 1.25. The maximum absolute atomic E-state index is 5.30. The largest absolute Gasteiger partial charge is 0.381 e. The quantitative estimate of drug-likeness (QED) is 0.662. The van der Waals surface area contributed by atoms with Gasteiger partial charge in [-0.05, 0) is 19.4 Å². The fraction of sp³-hybridized carbons (Fsp3) is 1.00. The maximum Gasteiger partial charge on any atom is 0.0476 e. The van der Waals surface area contributed by atoms with Crippen LogP contribution in [-0.4, -0.2) is 37.3 Å². The second-order valence-electron chi connectivity index (χ2n) is 3.04. The van der Waals surface area contributed by atoms with Gasteiger partial charge in [-0.1, -0.05) is 6.92 Å². The minimum absolute atomic E-state index is 0.859. The van der Waals surface area contributed by atoms with E-state index in [9.17, 15) is 0 Å². The first-order valence-electron chi connectivity index (χ1n) is 4.83. The molecule has 12 heavy (non-hydrogen) atoms. The standard InChI is InChI=1S/C9H19NOS/c1-2-10-5-8-12-9-3-6-11-7-4-9/h9-10H,2-8H2,1H3. The lowest BCUT2D eigenvalue weighted by Gasteiger charge is -2.21. The monoisotopic (exact) mass is 189 g/mol. The molecule has 1 heterocycles. The normalized spacial score (nSPS) is 19.8. The Kier molecular flexibility index (Phi) is 5.82. The van der Waals surface area contributed by atoms with Crippen LogP contribution in [0, 0.1) is 0 Å². The predicted octanol–water partition coefficient (Wildman–Crippen LogP) is 1.51. The van der Waals surface area contributed by atoms with Crippen molar-refractivity contribution in [1.29, 1.82) is 0 Å². The van der Waals surface area contributed by atoms with E-state index in [1.54, 1.807) is 0 Å². The molecule has 1 rings (SSSR count). The van der Waals surface area contributed by atoms with Crippen LogP contribution in [0.3, 0.4) is 0 Å². The molecule has 72 valence electrons. The molecule has 0 aliphatic carbocycles. The summed E-state index contributed by atoms with van der Waals surface area (Å²) in [5, 5.41) is 4.19. The highest BCUT2D eigenvalue weighted by Crippen LogP contribution is 2.21. The summed E-state index contributed by atoms with van der Waals surface area (Å²) in [4.78, 5) is 0. The molecule has 1 N–H and O–H groups in total. The molecule has 0 unspecified atom stereocenters. The van der Waals surface area contributed by atoms with E-state index in [-0.39, 0.29) is 0 Å². The van der Waals surface area contributed by atoms with Gasteiger partial charge < -0.3 is 10.1 Å². The van der Waals surface area contributed by atoms with Crippen LogP contribution >= 0.6 is 11.8 Å². The van der Waals surface area contributed by atoms with Crippen molar-refractivity contribution in [1.82, 2.24) is 5.32 Å². The summed E-state index contributed by atoms with van der Waals surface area (Å²) >= 11 is 2.09. The summed E-state index contributed by atoms with van der Waals surface area (Å²) in [6, 6.07) is 0. The third-order valence-corrected chi connectivity index (χ3v) is 3.43. The van der Waals surface area contributed by atoms with E-state index in [2.05, 4.69) is 24.0 Å². The van der Waals surface area contributed by atoms with Crippen LogP contribution in [0.4, 0.5) is 0 Å². The Morgan fingerprint density at radius 1 is 1.42 bits per heavy atom. The van der Waals surface area contributed by atoms with Crippen LogP contribution in [0.25, 0.3) is 0 Å². The molecule has 2 nitrogen and oxygen atoms in total. The second kappa shape index (κ2) is 6.75. The van der Waals surface area contributed by atoms with Crippen LogP contribution in [-0.2, 0) is 4.74 Å². The Labute approximate surface area is 79.4 Å². The summed E-state index contributed by atoms with van der Waals surface area (Å²) in [6.45, 7) is 6.34. The summed E-state index contributed by atoms with van der Waals surface area (Å²) < 4.78 is 5.30. The van der Waals surface area contributed by atoms with E-state index in [4.69, 9.17) is 4.74 Å². The number of ether oxygens (including phenoxy) is 1. The van der Waals surface area contributed by atoms with Gasteiger partial charge in [-0.15, -0.1) is 0 Å². The van der Waals surface area contributed by atoms with Crippen LogP contribution in [0.1, 0.15) is 19.8 Å². The highest BCUT2D eigenvalue weighted by Gasteiger charge is 2.12. The molecule has 0 bridgehead atoms. The lowest BCUT2D eigenvalue weighted by Crippen LogP contribution is -2.21. The Morgan fingerprint density at radius 3 is 2.83 bits per heavy atom. The number of hydrogen-bond acceptors (Lipinski definition) is 3. The zero-order valence-electron chi connectivity index (χ0n) is 7.84. The fourth-order valence-corrected chi connectivity index (χ4v) is 2.44. The first-order chi connectivity index (χ1) is 5.93. The summed E-state index contributed by atoms with van der Waals surface area (Å²) in [7, 11) is 0. The van der Waals surface area contributed by atoms with Crippen molar-refractivity contribution in [2.45, 2.75) is 25.0 Å². The maximum atomic E-state index is 5.30. The molecule has 1 saturated heterocycles. The van der Waals surface area contributed by atoms with Crippen LogP contribution in [0.15, 0.2) is 0 Å². The predicted molar refractivity (Wildman–Crippen MR) is 54.8 cm³/mol. The van der Waals surface area contributed by atoms with Gasteiger partial charge in [0, 0.05) is 30.8 Å². The van der Waals surface area contributed by atoms with Crippen molar-refractivity contribution in [3.8, 4) is 0 Å². The zero-order chi connectivity index (χ0) is 8.65. The molecule has 0 aromatic heterocycles. The SMILES string of the molecule is CCNCCSC1CCOCC1. The van der Waals surface area contributed by atoms with Gasteiger partial charge in [-0.3, -0.25) is 0 Å². The molecule has 1 aliphatic rings. The molecule has 0 saturated carbocycles. The molecule has 0 radical (unpaired) electrons. The second-order valence-corrected chi connectivity index (χ2v) is 4.44. The van der Waals surface area contributed by atoms with E-state index < -0.39 is 0 Å². The highest BCUT2D eigenvalue weighted by molar-refractivity contribution is 7.99. The highest BCUT2D eigenvalue weighted by atomic mass is 32.2. The van der Waals surface area contributed by atoms with Crippen LogP contribution in [0.5, 0.6) is 0 Å². The number of thioether (sulfide) groups is 1. The molecule has 0 atom stereocenters. The van der Waals surface area contributed by atoms with Crippen molar-refractivity contribution in [3.63, 3.8) is 0 Å². The number of nitrogens with one attached hydrogen (secondary N) is 1. The molecule has 0 aromatic carbocycles. The Bertz CT molecular complexity index is 105. The average Bonchev–Trinajstić information content (AvgIpc) is 2.14. The van der Waals surface area contributed by atoms with Gasteiger partial charge in [0.15, 0.2) is 0 Å². The van der Waals surface area contributed by atoms with Gasteiger partial charge >= 0.3 is 0 Å². The van der Waals surface area contributed by atoms with Gasteiger partial charge in [-0.2, -0.15) is 11.8 Å². The van der Waals surface area contributed by atoms with Gasteiger partial charge in [0.25, 0.3) is 0 Å². The van der Waals surface area contributed by atoms with Gasteiger partial charge in [0.05, 0.1) is 0 Å². The van der Waals surface area contributed by atoms with Crippen molar-refractivity contribution >= 4 is 11.8 Å². The van der Waals surface area contributed by atoms with E-state index in [1.807, 2.05) is 0 Å². The Balaban J connectivity index is 1.91. The number of hydrogen-bond donors (Lipinski definition) is 1. The minimum atomic E-state index is 0.859. The third kappa shape index (κ3) is 4.33. The first-order valence-corrected chi connectivity index (χ1v) is 5.88. The fourth-order valence-electron chi connectivity index (χ4n) is 1.32. The molecular formula is C9H19NOS. The average molecular weight is 189 g/mol. The van der Waals surface area contributed by atoms with Crippen LogP contribution in [0.2, 0.25) is 0 Å². The lowest BCUT2D eigenvalue weighted by atomic mass is 10.2. The van der Waals surface area contributed by atoms with Crippen molar-refractivity contribution in [3.05, 3.63) is 0 Å². The molecule has 0 aromatic rings. The van der Waals surface area contributed by atoms with Gasteiger partial charge in [0.1, 0.15) is 0 Å². The van der Waals surface area contributed by atoms with Crippen molar-refractivity contribution < 1.29 is 4.74 Å². The van der Waals surface area contributed by atoms with E-state index in [0.717, 1.165) is 31.6 Å². The molecule has 1 fully saturated rings. The molecule has 0 spiro atoms. The molecule has 1 aliphatic heterocycles. The molecule has 3 heteroatoms. The lowest BCUT2D eigenvalue weighted by molar-refractivity contribution is 0.100. The number of rotatable bonds is 5. The van der Waals surface area contributed by atoms with Gasteiger partial charge in [-0.25, -0.2) is 0 Å².